The zero-order valence-electron chi connectivity index (χ0n) is 13.4. The van der Waals surface area contributed by atoms with E-state index < -0.39 is 0 Å². The third-order valence-corrected chi connectivity index (χ3v) is 4.22. The van der Waals surface area contributed by atoms with E-state index >= 15 is 0 Å². The summed E-state index contributed by atoms with van der Waals surface area (Å²) >= 11 is 0. The molecule has 0 radical (unpaired) electrons. The molecule has 0 saturated heterocycles. The van der Waals surface area contributed by atoms with Crippen LogP contribution in [-0.4, -0.2) is 23.6 Å². The summed E-state index contributed by atoms with van der Waals surface area (Å²) in [4.78, 5) is 12.5. The van der Waals surface area contributed by atoms with Crippen LogP contribution < -0.4 is 9.47 Å². The molecular weight excluding hydrogens is 268 g/mol. The Labute approximate surface area is 126 Å². The number of aromatic hydroxyl groups is 1. The Kier molecular flexibility index (Phi) is 4.17. The van der Waals surface area contributed by atoms with E-state index in [0.717, 1.165) is 12.8 Å². The second-order valence-electron chi connectivity index (χ2n) is 6.31. The fourth-order valence-corrected chi connectivity index (χ4v) is 2.60. The van der Waals surface area contributed by atoms with Crippen LogP contribution in [-0.2, 0) is 6.42 Å². The van der Waals surface area contributed by atoms with Crippen LogP contribution in [0.2, 0.25) is 0 Å². The molecule has 116 valence electrons. The van der Waals surface area contributed by atoms with Crippen molar-refractivity contribution in [3.63, 3.8) is 0 Å². The van der Waals surface area contributed by atoms with E-state index in [1.165, 1.54) is 7.11 Å². The summed E-state index contributed by atoms with van der Waals surface area (Å²) in [5.41, 5.74) is 0.725. The van der Waals surface area contributed by atoms with E-state index in [1.807, 2.05) is 27.7 Å². The molecule has 0 saturated carbocycles. The SMILES string of the molecule is CC[C@@H](C)C(=O)c1c(OC)cc2c(c1O)CCC(C)(C)O2. The first-order valence-corrected chi connectivity index (χ1v) is 7.46. The molecule has 0 aromatic heterocycles. The van der Waals surface area contributed by atoms with Crippen LogP contribution in [0.5, 0.6) is 17.2 Å². The topological polar surface area (TPSA) is 55.8 Å². The first kappa shape index (κ1) is 15.7. The average molecular weight is 292 g/mol. The molecule has 0 amide bonds. The smallest absolute Gasteiger partial charge is 0.173 e. The molecule has 4 nitrogen and oxygen atoms in total. The fraction of sp³-hybridized carbons (Fsp3) is 0.588. The Bertz CT molecular complexity index is 560. The number of ether oxygens (including phenoxy) is 2. The molecule has 0 spiro atoms. The van der Waals surface area contributed by atoms with Gasteiger partial charge in [0, 0.05) is 17.5 Å². The molecule has 1 aromatic carbocycles. The van der Waals surface area contributed by atoms with Crippen LogP contribution >= 0.6 is 0 Å². The number of fused-ring (bicyclic) bond motifs is 1. The van der Waals surface area contributed by atoms with Gasteiger partial charge in [0.05, 0.1) is 7.11 Å². The lowest BCUT2D eigenvalue weighted by atomic mass is 9.89. The summed E-state index contributed by atoms with van der Waals surface area (Å²) in [6.07, 6.45) is 2.22. The van der Waals surface area contributed by atoms with Crippen LogP contribution in [0.3, 0.4) is 0 Å². The minimum absolute atomic E-state index is 0.0187. The summed E-state index contributed by atoms with van der Waals surface area (Å²) in [5, 5.41) is 10.6. The van der Waals surface area contributed by atoms with Crippen molar-refractivity contribution < 1.29 is 19.4 Å². The number of hydrogen-bond acceptors (Lipinski definition) is 4. The molecule has 2 rings (SSSR count). The zero-order chi connectivity index (χ0) is 15.8. The summed E-state index contributed by atoms with van der Waals surface area (Å²) in [7, 11) is 1.50. The van der Waals surface area contributed by atoms with Crippen molar-refractivity contribution in [3.05, 3.63) is 17.2 Å². The average Bonchev–Trinajstić information content (AvgIpc) is 2.44. The Hall–Kier alpha value is -1.71. The zero-order valence-corrected chi connectivity index (χ0v) is 13.4. The van der Waals surface area contributed by atoms with Gasteiger partial charge >= 0.3 is 0 Å². The number of carbonyl (C=O) groups is 1. The number of methoxy groups -OCH3 is 1. The maximum absolute atomic E-state index is 12.5. The summed E-state index contributed by atoms with van der Waals surface area (Å²) in [6.45, 7) is 7.84. The molecule has 0 bridgehead atoms. The second kappa shape index (κ2) is 5.58. The third kappa shape index (κ3) is 2.85. The molecular formula is C17H24O4. The first-order valence-electron chi connectivity index (χ1n) is 7.46. The maximum atomic E-state index is 12.5. The predicted octanol–water partition coefficient (Wildman–Crippen LogP) is 3.73. The summed E-state index contributed by atoms with van der Waals surface area (Å²) < 4.78 is 11.2. The van der Waals surface area contributed by atoms with Crippen LogP contribution in [0.4, 0.5) is 0 Å². The van der Waals surface area contributed by atoms with E-state index in [9.17, 15) is 9.90 Å². The summed E-state index contributed by atoms with van der Waals surface area (Å²) in [6, 6.07) is 1.73. The van der Waals surface area contributed by atoms with E-state index in [2.05, 4.69) is 0 Å². The van der Waals surface area contributed by atoms with Crippen molar-refractivity contribution in [2.24, 2.45) is 5.92 Å². The highest BCUT2D eigenvalue weighted by Crippen LogP contribution is 2.44. The van der Waals surface area contributed by atoms with Crippen LogP contribution in [0.15, 0.2) is 6.07 Å². The monoisotopic (exact) mass is 292 g/mol. The van der Waals surface area contributed by atoms with E-state index in [-0.39, 0.29) is 28.6 Å². The number of rotatable bonds is 4. The standard InChI is InChI=1S/C17H24O4/c1-6-10(2)15(18)14-13(20-5)9-12-11(16(14)19)7-8-17(3,4)21-12/h9-10,19H,6-8H2,1-5H3/t10-/m1/s1. The fourth-order valence-electron chi connectivity index (χ4n) is 2.60. The first-order chi connectivity index (χ1) is 9.80. The van der Waals surface area contributed by atoms with E-state index in [4.69, 9.17) is 9.47 Å². The molecule has 0 unspecified atom stereocenters. The number of hydrogen-bond donors (Lipinski definition) is 1. The lowest BCUT2D eigenvalue weighted by Crippen LogP contribution is -2.32. The van der Waals surface area contributed by atoms with Gasteiger partial charge in [0.25, 0.3) is 0 Å². The normalized spacial score (nSPS) is 17.6. The molecule has 1 atom stereocenters. The van der Waals surface area contributed by atoms with Gasteiger partial charge in [0.2, 0.25) is 0 Å². The van der Waals surface area contributed by atoms with Gasteiger partial charge in [-0.1, -0.05) is 13.8 Å². The number of ketones is 1. The number of phenols is 1. The lowest BCUT2D eigenvalue weighted by molar-refractivity contribution is 0.0827. The molecule has 0 aliphatic carbocycles. The molecule has 21 heavy (non-hydrogen) atoms. The third-order valence-electron chi connectivity index (χ3n) is 4.22. The van der Waals surface area contributed by atoms with Crippen molar-refractivity contribution in [1.82, 2.24) is 0 Å². The number of benzene rings is 1. The van der Waals surface area contributed by atoms with E-state index in [1.54, 1.807) is 6.07 Å². The van der Waals surface area contributed by atoms with Gasteiger partial charge in [0.1, 0.15) is 28.4 Å². The van der Waals surface area contributed by atoms with Crippen LogP contribution in [0, 0.1) is 5.92 Å². The van der Waals surface area contributed by atoms with Crippen molar-refractivity contribution in [2.45, 2.75) is 52.6 Å². The molecule has 0 fully saturated rings. The molecule has 1 aliphatic heterocycles. The highest BCUT2D eigenvalue weighted by Gasteiger charge is 2.33. The minimum Gasteiger partial charge on any atom is -0.507 e. The predicted molar refractivity (Wildman–Crippen MR) is 81.5 cm³/mol. The van der Waals surface area contributed by atoms with Gasteiger partial charge in [0.15, 0.2) is 5.78 Å². The Balaban J connectivity index is 2.56. The number of Topliss-reactive ketones (excluding diaryl/α,β-unsaturated/α-hetero) is 1. The van der Waals surface area contributed by atoms with Gasteiger partial charge in [-0.3, -0.25) is 4.79 Å². The number of phenolic OH excluding ortho intramolecular Hbond substituents is 1. The quantitative estimate of drug-likeness (QED) is 0.859. The van der Waals surface area contributed by atoms with Crippen molar-refractivity contribution >= 4 is 5.78 Å². The highest BCUT2D eigenvalue weighted by atomic mass is 16.5. The Morgan fingerprint density at radius 2 is 2.19 bits per heavy atom. The molecule has 1 aliphatic rings. The van der Waals surface area contributed by atoms with E-state index in [0.29, 0.717) is 23.5 Å². The highest BCUT2D eigenvalue weighted by molar-refractivity contribution is 6.03. The lowest BCUT2D eigenvalue weighted by Gasteiger charge is -2.33. The Morgan fingerprint density at radius 1 is 1.52 bits per heavy atom. The molecule has 1 aromatic rings. The van der Waals surface area contributed by atoms with Gasteiger partial charge in [-0.2, -0.15) is 0 Å². The van der Waals surface area contributed by atoms with Crippen molar-refractivity contribution in [1.29, 1.82) is 0 Å². The molecule has 4 heteroatoms. The van der Waals surface area contributed by atoms with Crippen LogP contribution in [0.1, 0.15) is 56.5 Å². The van der Waals surface area contributed by atoms with Gasteiger partial charge in [-0.25, -0.2) is 0 Å². The van der Waals surface area contributed by atoms with Crippen molar-refractivity contribution in [3.8, 4) is 17.2 Å². The van der Waals surface area contributed by atoms with Gasteiger partial charge < -0.3 is 14.6 Å². The minimum atomic E-state index is -0.271. The van der Waals surface area contributed by atoms with Gasteiger partial charge in [-0.05, 0) is 33.1 Å². The summed E-state index contributed by atoms with van der Waals surface area (Å²) in [5.74, 6) is 0.781. The Morgan fingerprint density at radius 3 is 2.76 bits per heavy atom. The van der Waals surface area contributed by atoms with Crippen LogP contribution in [0.25, 0.3) is 0 Å². The number of carbonyl (C=O) groups excluding carboxylic acids is 1. The molecule has 1 heterocycles. The van der Waals surface area contributed by atoms with Gasteiger partial charge in [-0.15, -0.1) is 0 Å². The largest absolute Gasteiger partial charge is 0.507 e. The molecule has 1 N–H and O–H groups in total. The maximum Gasteiger partial charge on any atom is 0.173 e. The second-order valence-corrected chi connectivity index (χ2v) is 6.31. The van der Waals surface area contributed by atoms with Crippen molar-refractivity contribution in [2.75, 3.05) is 7.11 Å².